The summed E-state index contributed by atoms with van der Waals surface area (Å²) in [6, 6.07) is 3.79. The van der Waals surface area contributed by atoms with E-state index >= 15 is 0 Å². The van der Waals surface area contributed by atoms with E-state index < -0.39 is 0 Å². The van der Waals surface area contributed by atoms with E-state index in [1.54, 1.807) is 25.1 Å². The van der Waals surface area contributed by atoms with Crippen LogP contribution in [0.1, 0.15) is 5.76 Å². The molecule has 1 N–H and O–H groups in total. The van der Waals surface area contributed by atoms with Crippen LogP contribution in [0.5, 0.6) is 0 Å². The van der Waals surface area contributed by atoms with Gasteiger partial charge >= 0.3 is 0 Å². The molecule has 0 spiro atoms. The first-order chi connectivity index (χ1) is 6.33. The summed E-state index contributed by atoms with van der Waals surface area (Å²) in [4.78, 5) is 0. The summed E-state index contributed by atoms with van der Waals surface area (Å²) in [5.41, 5.74) is 0. The quantitative estimate of drug-likeness (QED) is 0.759. The third kappa shape index (κ3) is 4.36. The Morgan fingerprint density at radius 1 is 1.69 bits per heavy atom. The number of hydrogen-bond donors (Lipinski definition) is 1. The van der Waals surface area contributed by atoms with Crippen molar-refractivity contribution in [1.29, 1.82) is 0 Å². The number of ether oxygens (including phenoxy) is 1. The fourth-order valence-electron chi connectivity index (χ4n) is 0.931. The number of thioether (sulfide) groups is 1. The van der Waals surface area contributed by atoms with Gasteiger partial charge in [0.1, 0.15) is 5.76 Å². The van der Waals surface area contributed by atoms with Gasteiger partial charge in [0.15, 0.2) is 0 Å². The molecule has 1 rings (SSSR count). The van der Waals surface area contributed by atoms with E-state index in [2.05, 4.69) is 0 Å². The zero-order valence-electron chi connectivity index (χ0n) is 7.60. The Morgan fingerprint density at radius 3 is 3.15 bits per heavy atom. The zero-order chi connectivity index (χ0) is 9.52. The molecule has 1 aromatic rings. The molecule has 1 aromatic heterocycles. The highest BCUT2D eigenvalue weighted by molar-refractivity contribution is 7.98. The Balaban J connectivity index is 2.07. The molecule has 3 nitrogen and oxygen atoms in total. The van der Waals surface area contributed by atoms with E-state index in [1.165, 1.54) is 0 Å². The predicted molar refractivity (Wildman–Crippen MR) is 52.8 cm³/mol. The van der Waals surface area contributed by atoms with Gasteiger partial charge in [0.05, 0.1) is 24.7 Å². The van der Waals surface area contributed by atoms with E-state index in [0.29, 0.717) is 12.4 Å². The minimum absolute atomic E-state index is 0.384. The third-order valence-corrected chi connectivity index (χ3v) is 2.60. The molecule has 0 aliphatic rings. The lowest BCUT2D eigenvalue weighted by Gasteiger charge is -2.07. The summed E-state index contributed by atoms with van der Waals surface area (Å²) in [6.45, 7) is 0.394. The fourth-order valence-corrected chi connectivity index (χ4v) is 1.78. The Labute approximate surface area is 82.1 Å². The summed E-state index contributed by atoms with van der Waals surface area (Å²) in [7, 11) is 1.58. The maximum atomic E-state index is 9.30. The molecular weight excluding hydrogens is 188 g/mol. The molecular formula is C9H14O3S. The molecule has 74 valence electrons. The third-order valence-electron chi connectivity index (χ3n) is 1.49. The normalized spacial score (nSPS) is 13.1. The minimum atomic E-state index is -0.384. The Morgan fingerprint density at radius 2 is 2.54 bits per heavy atom. The van der Waals surface area contributed by atoms with Crippen molar-refractivity contribution < 1.29 is 14.3 Å². The lowest BCUT2D eigenvalue weighted by molar-refractivity contribution is 0.0794. The summed E-state index contributed by atoms with van der Waals surface area (Å²) in [5, 5.41) is 9.30. The van der Waals surface area contributed by atoms with Crippen molar-refractivity contribution in [1.82, 2.24) is 0 Å². The second-order valence-corrected chi connectivity index (χ2v) is 3.73. The second-order valence-electron chi connectivity index (χ2n) is 2.70. The van der Waals surface area contributed by atoms with E-state index in [4.69, 9.17) is 9.15 Å². The van der Waals surface area contributed by atoms with Gasteiger partial charge in [-0.3, -0.25) is 0 Å². The number of aliphatic hydroxyl groups excluding tert-OH is 1. The van der Waals surface area contributed by atoms with Gasteiger partial charge in [0, 0.05) is 12.9 Å². The molecule has 4 heteroatoms. The number of aliphatic hydroxyl groups is 1. The first kappa shape index (κ1) is 10.6. The molecule has 0 saturated heterocycles. The van der Waals surface area contributed by atoms with Crippen LogP contribution in [-0.4, -0.2) is 30.7 Å². The van der Waals surface area contributed by atoms with Gasteiger partial charge in [0.25, 0.3) is 0 Å². The molecule has 1 unspecified atom stereocenters. The van der Waals surface area contributed by atoms with Crippen molar-refractivity contribution in [3.05, 3.63) is 24.2 Å². The van der Waals surface area contributed by atoms with Crippen molar-refractivity contribution in [2.45, 2.75) is 11.9 Å². The van der Waals surface area contributed by atoms with E-state index in [0.717, 1.165) is 11.5 Å². The molecule has 0 aliphatic heterocycles. The second kappa shape index (κ2) is 6.07. The van der Waals surface area contributed by atoms with Crippen LogP contribution in [0, 0.1) is 0 Å². The lowest BCUT2D eigenvalue weighted by atomic mass is 10.4. The maximum absolute atomic E-state index is 9.30. The van der Waals surface area contributed by atoms with Crippen molar-refractivity contribution >= 4 is 11.8 Å². The van der Waals surface area contributed by atoms with Crippen LogP contribution < -0.4 is 0 Å². The molecule has 0 fully saturated rings. The summed E-state index contributed by atoms with van der Waals surface area (Å²) in [5.74, 6) is 2.41. The van der Waals surface area contributed by atoms with Gasteiger partial charge in [-0.1, -0.05) is 0 Å². The highest BCUT2D eigenvalue weighted by Crippen LogP contribution is 2.13. The van der Waals surface area contributed by atoms with Gasteiger partial charge in [0.2, 0.25) is 0 Å². The van der Waals surface area contributed by atoms with E-state index in [9.17, 15) is 5.11 Å². The fraction of sp³-hybridized carbons (Fsp3) is 0.556. The van der Waals surface area contributed by atoms with Gasteiger partial charge in [-0.15, -0.1) is 0 Å². The van der Waals surface area contributed by atoms with Crippen LogP contribution in [0.3, 0.4) is 0 Å². The lowest BCUT2D eigenvalue weighted by Crippen LogP contribution is -2.16. The first-order valence-corrected chi connectivity index (χ1v) is 5.25. The van der Waals surface area contributed by atoms with Crippen molar-refractivity contribution in [2.75, 3.05) is 19.5 Å². The van der Waals surface area contributed by atoms with Crippen LogP contribution in [-0.2, 0) is 10.5 Å². The highest BCUT2D eigenvalue weighted by atomic mass is 32.2. The number of hydrogen-bond acceptors (Lipinski definition) is 4. The Hall–Kier alpha value is -0.450. The summed E-state index contributed by atoms with van der Waals surface area (Å²) < 4.78 is 9.95. The molecule has 13 heavy (non-hydrogen) atoms. The Bertz CT molecular complexity index is 211. The monoisotopic (exact) mass is 202 g/mol. The zero-order valence-corrected chi connectivity index (χ0v) is 8.42. The molecule has 1 heterocycles. The molecule has 0 aliphatic carbocycles. The standard InChI is InChI=1S/C9H14O3S/c1-11-5-8(10)6-13-7-9-3-2-4-12-9/h2-4,8,10H,5-7H2,1H3. The van der Waals surface area contributed by atoms with E-state index in [1.807, 2.05) is 12.1 Å². The summed E-state index contributed by atoms with van der Waals surface area (Å²) in [6.07, 6.45) is 1.27. The van der Waals surface area contributed by atoms with Crippen LogP contribution in [0.2, 0.25) is 0 Å². The molecule has 0 saturated carbocycles. The van der Waals surface area contributed by atoms with Crippen molar-refractivity contribution in [3.63, 3.8) is 0 Å². The Kier molecular flexibility index (Phi) is 4.97. The average Bonchev–Trinajstić information content (AvgIpc) is 2.57. The SMILES string of the molecule is COCC(O)CSCc1ccco1. The first-order valence-electron chi connectivity index (χ1n) is 4.10. The van der Waals surface area contributed by atoms with Crippen LogP contribution in [0.15, 0.2) is 22.8 Å². The van der Waals surface area contributed by atoms with Crippen molar-refractivity contribution in [2.24, 2.45) is 0 Å². The molecule has 0 radical (unpaired) electrons. The predicted octanol–water partition coefficient (Wildman–Crippen LogP) is 1.52. The summed E-state index contributed by atoms with van der Waals surface area (Å²) >= 11 is 1.64. The molecule has 1 atom stereocenters. The highest BCUT2D eigenvalue weighted by Gasteiger charge is 2.03. The maximum Gasteiger partial charge on any atom is 0.113 e. The smallest absolute Gasteiger partial charge is 0.113 e. The van der Waals surface area contributed by atoms with Gasteiger partial charge < -0.3 is 14.3 Å². The topological polar surface area (TPSA) is 42.6 Å². The van der Waals surface area contributed by atoms with Gasteiger partial charge in [-0.25, -0.2) is 0 Å². The number of methoxy groups -OCH3 is 1. The average molecular weight is 202 g/mol. The number of rotatable bonds is 6. The van der Waals surface area contributed by atoms with Crippen molar-refractivity contribution in [3.8, 4) is 0 Å². The molecule has 0 aromatic carbocycles. The van der Waals surface area contributed by atoms with Gasteiger partial charge in [-0.05, 0) is 12.1 Å². The largest absolute Gasteiger partial charge is 0.468 e. The minimum Gasteiger partial charge on any atom is -0.468 e. The van der Waals surface area contributed by atoms with Crippen LogP contribution in [0.4, 0.5) is 0 Å². The van der Waals surface area contributed by atoms with Crippen LogP contribution >= 0.6 is 11.8 Å². The number of furan rings is 1. The van der Waals surface area contributed by atoms with Crippen LogP contribution in [0.25, 0.3) is 0 Å². The van der Waals surface area contributed by atoms with E-state index in [-0.39, 0.29) is 6.10 Å². The van der Waals surface area contributed by atoms with Gasteiger partial charge in [-0.2, -0.15) is 11.8 Å². The molecule has 0 amide bonds. The molecule has 0 bridgehead atoms.